The number of hydrogen-bond donors (Lipinski definition) is 1. The Morgan fingerprint density at radius 1 is 1.50 bits per heavy atom. The first-order valence-corrected chi connectivity index (χ1v) is 4.64. The number of carbonyl (C=O) groups is 1. The second-order valence-corrected chi connectivity index (χ2v) is 2.95. The number of ketones is 1. The number of hydrogen-bond acceptors (Lipinski definition) is 3. The standard InChI is InChI=1S/C11H15NO2/c1-4-14-9-5-6-11(12-3)10(7-9)8(2)13/h5-7,12H,4H2,1-3H3. The lowest BCUT2D eigenvalue weighted by Gasteiger charge is -2.09. The van der Waals surface area contributed by atoms with Gasteiger partial charge >= 0.3 is 0 Å². The second kappa shape index (κ2) is 4.65. The summed E-state index contributed by atoms with van der Waals surface area (Å²) < 4.78 is 5.32. The lowest BCUT2D eigenvalue weighted by Crippen LogP contribution is -2.01. The van der Waals surface area contributed by atoms with Crippen molar-refractivity contribution in [3.63, 3.8) is 0 Å². The number of Topliss-reactive ketones (excluding diaryl/α,β-unsaturated/α-hetero) is 1. The maximum Gasteiger partial charge on any atom is 0.162 e. The Balaban J connectivity index is 3.07. The summed E-state index contributed by atoms with van der Waals surface area (Å²) in [6, 6.07) is 5.46. The van der Waals surface area contributed by atoms with Crippen molar-refractivity contribution in [2.24, 2.45) is 0 Å². The number of benzene rings is 1. The Hall–Kier alpha value is -1.51. The van der Waals surface area contributed by atoms with Crippen LogP contribution in [-0.4, -0.2) is 19.4 Å². The van der Waals surface area contributed by atoms with E-state index in [1.165, 1.54) is 0 Å². The fourth-order valence-corrected chi connectivity index (χ4v) is 1.29. The Morgan fingerprint density at radius 3 is 2.71 bits per heavy atom. The number of carbonyl (C=O) groups excluding carboxylic acids is 1. The van der Waals surface area contributed by atoms with E-state index in [1.807, 2.05) is 19.1 Å². The molecule has 0 fully saturated rings. The first kappa shape index (κ1) is 10.6. The highest BCUT2D eigenvalue weighted by Gasteiger charge is 2.07. The van der Waals surface area contributed by atoms with Crippen LogP contribution in [0.5, 0.6) is 5.75 Å². The fraction of sp³-hybridized carbons (Fsp3) is 0.364. The van der Waals surface area contributed by atoms with E-state index in [2.05, 4.69) is 5.32 Å². The average molecular weight is 193 g/mol. The van der Waals surface area contributed by atoms with Crippen molar-refractivity contribution in [2.75, 3.05) is 19.0 Å². The van der Waals surface area contributed by atoms with E-state index in [1.54, 1.807) is 20.0 Å². The van der Waals surface area contributed by atoms with E-state index in [0.717, 1.165) is 11.4 Å². The van der Waals surface area contributed by atoms with E-state index in [0.29, 0.717) is 12.2 Å². The summed E-state index contributed by atoms with van der Waals surface area (Å²) in [5.74, 6) is 0.771. The van der Waals surface area contributed by atoms with Crippen molar-refractivity contribution in [3.8, 4) is 5.75 Å². The summed E-state index contributed by atoms with van der Waals surface area (Å²) in [5, 5.41) is 2.97. The van der Waals surface area contributed by atoms with Crippen LogP contribution >= 0.6 is 0 Å². The lowest BCUT2D eigenvalue weighted by molar-refractivity contribution is 0.101. The molecule has 76 valence electrons. The Bertz CT molecular complexity index is 334. The van der Waals surface area contributed by atoms with Crippen LogP contribution in [0.4, 0.5) is 5.69 Å². The normalized spacial score (nSPS) is 9.64. The van der Waals surface area contributed by atoms with Gasteiger partial charge in [-0.05, 0) is 32.0 Å². The topological polar surface area (TPSA) is 38.3 Å². The van der Waals surface area contributed by atoms with Gasteiger partial charge in [0.1, 0.15) is 5.75 Å². The lowest BCUT2D eigenvalue weighted by atomic mass is 10.1. The minimum atomic E-state index is 0.0379. The van der Waals surface area contributed by atoms with Gasteiger partial charge in [0, 0.05) is 18.3 Å². The molecular formula is C11H15NO2. The molecule has 0 aliphatic rings. The maximum absolute atomic E-state index is 11.3. The number of anilines is 1. The highest BCUT2D eigenvalue weighted by Crippen LogP contribution is 2.22. The zero-order valence-electron chi connectivity index (χ0n) is 8.76. The molecule has 3 nitrogen and oxygen atoms in total. The summed E-state index contributed by atoms with van der Waals surface area (Å²) >= 11 is 0. The van der Waals surface area contributed by atoms with Gasteiger partial charge in [0.25, 0.3) is 0 Å². The van der Waals surface area contributed by atoms with E-state index in [-0.39, 0.29) is 5.78 Å². The zero-order chi connectivity index (χ0) is 10.6. The summed E-state index contributed by atoms with van der Waals surface area (Å²) in [6.07, 6.45) is 0. The minimum Gasteiger partial charge on any atom is -0.494 e. The molecular weight excluding hydrogens is 178 g/mol. The molecule has 0 spiro atoms. The van der Waals surface area contributed by atoms with E-state index in [4.69, 9.17) is 4.74 Å². The van der Waals surface area contributed by atoms with Crippen molar-refractivity contribution in [3.05, 3.63) is 23.8 Å². The van der Waals surface area contributed by atoms with Gasteiger partial charge in [0.05, 0.1) is 6.61 Å². The molecule has 0 bridgehead atoms. The van der Waals surface area contributed by atoms with Gasteiger partial charge in [0.2, 0.25) is 0 Å². The molecule has 0 unspecified atom stereocenters. The first-order chi connectivity index (χ1) is 6.69. The van der Waals surface area contributed by atoms with Crippen LogP contribution in [0, 0.1) is 0 Å². The van der Waals surface area contributed by atoms with E-state index < -0.39 is 0 Å². The average Bonchev–Trinajstić information content (AvgIpc) is 2.18. The van der Waals surface area contributed by atoms with Crippen LogP contribution in [0.25, 0.3) is 0 Å². The van der Waals surface area contributed by atoms with Gasteiger partial charge in [-0.1, -0.05) is 0 Å². The molecule has 0 aliphatic carbocycles. The van der Waals surface area contributed by atoms with Crippen molar-refractivity contribution >= 4 is 11.5 Å². The molecule has 14 heavy (non-hydrogen) atoms. The quantitative estimate of drug-likeness (QED) is 0.746. The third-order valence-corrected chi connectivity index (χ3v) is 1.95. The minimum absolute atomic E-state index is 0.0379. The van der Waals surface area contributed by atoms with Crippen molar-refractivity contribution in [2.45, 2.75) is 13.8 Å². The summed E-state index contributed by atoms with van der Waals surface area (Å²) in [6.45, 7) is 4.07. The predicted molar refractivity (Wildman–Crippen MR) is 57.2 cm³/mol. The monoisotopic (exact) mass is 193 g/mol. The second-order valence-electron chi connectivity index (χ2n) is 2.95. The number of nitrogens with one attached hydrogen (secondary N) is 1. The highest BCUT2D eigenvalue weighted by molar-refractivity contribution is 5.99. The Labute approximate surface area is 84.1 Å². The molecule has 0 aliphatic heterocycles. The number of ether oxygens (including phenoxy) is 1. The van der Waals surface area contributed by atoms with Crippen molar-refractivity contribution < 1.29 is 9.53 Å². The first-order valence-electron chi connectivity index (χ1n) is 4.64. The molecule has 0 saturated carbocycles. The SMILES string of the molecule is CCOc1ccc(NC)c(C(C)=O)c1. The van der Waals surface area contributed by atoms with Gasteiger partial charge in [-0.15, -0.1) is 0 Å². The van der Waals surface area contributed by atoms with Gasteiger partial charge in [0.15, 0.2) is 5.78 Å². The van der Waals surface area contributed by atoms with Gasteiger partial charge < -0.3 is 10.1 Å². The molecule has 1 aromatic rings. The molecule has 0 aromatic heterocycles. The van der Waals surface area contributed by atoms with Crippen LogP contribution < -0.4 is 10.1 Å². The van der Waals surface area contributed by atoms with Crippen molar-refractivity contribution in [1.29, 1.82) is 0 Å². The molecule has 1 aromatic carbocycles. The highest BCUT2D eigenvalue weighted by atomic mass is 16.5. The zero-order valence-corrected chi connectivity index (χ0v) is 8.76. The van der Waals surface area contributed by atoms with Crippen LogP contribution in [0.15, 0.2) is 18.2 Å². The Kier molecular flexibility index (Phi) is 3.51. The van der Waals surface area contributed by atoms with Crippen molar-refractivity contribution in [1.82, 2.24) is 0 Å². The van der Waals surface area contributed by atoms with Crippen LogP contribution in [0.2, 0.25) is 0 Å². The van der Waals surface area contributed by atoms with E-state index >= 15 is 0 Å². The molecule has 1 N–H and O–H groups in total. The van der Waals surface area contributed by atoms with Gasteiger partial charge in [-0.2, -0.15) is 0 Å². The van der Waals surface area contributed by atoms with Crippen LogP contribution in [-0.2, 0) is 0 Å². The summed E-state index contributed by atoms with van der Waals surface area (Å²) in [5.41, 5.74) is 1.50. The molecule has 0 heterocycles. The van der Waals surface area contributed by atoms with Gasteiger partial charge in [-0.25, -0.2) is 0 Å². The molecule has 0 radical (unpaired) electrons. The van der Waals surface area contributed by atoms with Crippen LogP contribution in [0.3, 0.4) is 0 Å². The third-order valence-electron chi connectivity index (χ3n) is 1.95. The Morgan fingerprint density at radius 2 is 2.21 bits per heavy atom. The largest absolute Gasteiger partial charge is 0.494 e. The third kappa shape index (κ3) is 2.25. The maximum atomic E-state index is 11.3. The fourth-order valence-electron chi connectivity index (χ4n) is 1.29. The molecule has 0 amide bonds. The molecule has 1 rings (SSSR count). The van der Waals surface area contributed by atoms with Gasteiger partial charge in [-0.3, -0.25) is 4.79 Å². The molecule has 3 heteroatoms. The predicted octanol–water partition coefficient (Wildman–Crippen LogP) is 2.33. The summed E-state index contributed by atoms with van der Waals surface area (Å²) in [4.78, 5) is 11.3. The smallest absolute Gasteiger partial charge is 0.162 e. The van der Waals surface area contributed by atoms with Crippen LogP contribution in [0.1, 0.15) is 24.2 Å². The molecule has 0 saturated heterocycles. The summed E-state index contributed by atoms with van der Waals surface area (Å²) in [7, 11) is 1.79. The molecule has 0 atom stereocenters. The number of rotatable bonds is 4. The van der Waals surface area contributed by atoms with E-state index in [9.17, 15) is 4.79 Å².